The highest BCUT2D eigenvalue weighted by atomic mass is 79.9. The van der Waals surface area contributed by atoms with Crippen LogP contribution in [0.4, 0.5) is 0 Å². The Morgan fingerprint density at radius 3 is 2.60 bits per heavy atom. The fourth-order valence-corrected chi connectivity index (χ4v) is 4.07. The molecule has 1 saturated heterocycles. The third-order valence-electron chi connectivity index (χ3n) is 3.60. The van der Waals surface area contributed by atoms with Crippen LogP contribution in [0.2, 0.25) is 0 Å². The molecule has 1 aromatic rings. The molecule has 1 atom stereocenters. The van der Waals surface area contributed by atoms with Crippen LogP contribution in [0.3, 0.4) is 0 Å². The Balaban J connectivity index is 1.97. The maximum absolute atomic E-state index is 12.2. The van der Waals surface area contributed by atoms with Gasteiger partial charge in [0, 0.05) is 17.6 Å². The first-order chi connectivity index (χ1) is 9.28. The van der Waals surface area contributed by atoms with E-state index in [4.69, 9.17) is 0 Å². The van der Waals surface area contributed by atoms with Crippen LogP contribution in [0.1, 0.15) is 19.8 Å². The van der Waals surface area contributed by atoms with E-state index in [1.165, 1.54) is 0 Å². The zero-order valence-electron chi connectivity index (χ0n) is 11.5. The SMILES string of the molecule is CC1(O)CCCN(CCS(=O)(=O)c2ccc(Br)cc2)C1. The van der Waals surface area contributed by atoms with Gasteiger partial charge in [-0.3, -0.25) is 4.90 Å². The number of β-amino-alcohol motifs (C(OH)–C–C–N with tert-alkyl or cyclic N) is 1. The summed E-state index contributed by atoms with van der Waals surface area (Å²) in [6.45, 7) is 3.67. The first-order valence-electron chi connectivity index (χ1n) is 6.72. The highest BCUT2D eigenvalue weighted by Crippen LogP contribution is 2.21. The summed E-state index contributed by atoms with van der Waals surface area (Å²) in [6.07, 6.45) is 1.69. The zero-order chi connectivity index (χ0) is 14.8. The molecule has 0 aromatic heterocycles. The molecule has 1 heterocycles. The van der Waals surface area contributed by atoms with E-state index >= 15 is 0 Å². The lowest BCUT2D eigenvalue weighted by molar-refractivity contribution is -0.0134. The quantitative estimate of drug-likeness (QED) is 0.891. The molecule has 2 rings (SSSR count). The van der Waals surface area contributed by atoms with Gasteiger partial charge in [0.1, 0.15) is 0 Å². The minimum Gasteiger partial charge on any atom is -0.389 e. The lowest BCUT2D eigenvalue weighted by Gasteiger charge is -2.36. The van der Waals surface area contributed by atoms with Crippen LogP contribution < -0.4 is 0 Å². The lowest BCUT2D eigenvalue weighted by atomic mass is 9.95. The third-order valence-corrected chi connectivity index (χ3v) is 5.84. The fourth-order valence-electron chi connectivity index (χ4n) is 2.52. The van der Waals surface area contributed by atoms with Gasteiger partial charge >= 0.3 is 0 Å². The molecule has 1 aliphatic rings. The van der Waals surface area contributed by atoms with Crippen molar-refractivity contribution in [1.29, 1.82) is 0 Å². The second-order valence-electron chi connectivity index (χ2n) is 5.65. The minimum atomic E-state index is -3.26. The Morgan fingerprint density at radius 1 is 1.35 bits per heavy atom. The van der Waals surface area contributed by atoms with E-state index in [1.54, 1.807) is 24.3 Å². The number of rotatable bonds is 4. The average Bonchev–Trinajstić information content (AvgIpc) is 2.36. The topological polar surface area (TPSA) is 57.6 Å². The molecular weight excluding hydrogens is 342 g/mol. The number of sulfone groups is 1. The van der Waals surface area contributed by atoms with Crippen LogP contribution in [0, 0.1) is 0 Å². The summed E-state index contributed by atoms with van der Waals surface area (Å²) in [5.74, 6) is 0.0880. The maximum atomic E-state index is 12.2. The van der Waals surface area contributed by atoms with Crippen LogP contribution in [-0.2, 0) is 9.84 Å². The second-order valence-corrected chi connectivity index (χ2v) is 8.67. The molecule has 6 heteroatoms. The molecule has 0 amide bonds. The number of piperidine rings is 1. The van der Waals surface area contributed by atoms with Gasteiger partial charge < -0.3 is 5.11 Å². The van der Waals surface area contributed by atoms with Gasteiger partial charge in [0.25, 0.3) is 0 Å². The van der Waals surface area contributed by atoms with E-state index in [2.05, 4.69) is 15.9 Å². The summed E-state index contributed by atoms with van der Waals surface area (Å²) in [6, 6.07) is 6.70. The van der Waals surface area contributed by atoms with Gasteiger partial charge in [-0.2, -0.15) is 0 Å². The summed E-state index contributed by atoms with van der Waals surface area (Å²) < 4.78 is 25.4. The Kier molecular flexibility index (Phi) is 4.89. The van der Waals surface area contributed by atoms with Crippen molar-refractivity contribution in [3.63, 3.8) is 0 Å². The maximum Gasteiger partial charge on any atom is 0.179 e. The van der Waals surface area contributed by atoms with Crippen molar-refractivity contribution in [3.05, 3.63) is 28.7 Å². The molecular formula is C14H20BrNO3S. The van der Waals surface area contributed by atoms with Crippen molar-refractivity contribution in [2.24, 2.45) is 0 Å². The van der Waals surface area contributed by atoms with E-state index in [0.717, 1.165) is 23.9 Å². The molecule has 0 bridgehead atoms. The monoisotopic (exact) mass is 361 g/mol. The normalized spacial score (nSPS) is 24.8. The minimum absolute atomic E-state index is 0.0880. The molecule has 0 saturated carbocycles. The van der Waals surface area contributed by atoms with E-state index in [1.807, 2.05) is 11.8 Å². The highest BCUT2D eigenvalue weighted by molar-refractivity contribution is 9.10. The zero-order valence-corrected chi connectivity index (χ0v) is 14.0. The van der Waals surface area contributed by atoms with Crippen molar-refractivity contribution < 1.29 is 13.5 Å². The predicted molar refractivity (Wildman–Crippen MR) is 82.5 cm³/mol. The molecule has 1 fully saturated rings. The number of halogens is 1. The summed E-state index contributed by atoms with van der Waals surface area (Å²) in [7, 11) is -3.26. The van der Waals surface area contributed by atoms with Crippen molar-refractivity contribution in [2.45, 2.75) is 30.3 Å². The van der Waals surface area contributed by atoms with Crippen LogP contribution in [0.5, 0.6) is 0 Å². The first kappa shape index (κ1) is 15.9. The van der Waals surface area contributed by atoms with Crippen molar-refractivity contribution in [1.82, 2.24) is 4.90 Å². The molecule has 1 aromatic carbocycles. The second kappa shape index (κ2) is 6.13. The predicted octanol–water partition coefficient (Wildman–Crippen LogP) is 2.07. The van der Waals surface area contributed by atoms with Crippen LogP contribution in [0.25, 0.3) is 0 Å². The number of hydrogen-bond donors (Lipinski definition) is 1. The van der Waals surface area contributed by atoms with Crippen molar-refractivity contribution in [3.8, 4) is 0 Å². The lowest BCUT2D eigenvalue weighted by Crippen LogP contribution is -2.47. The van der Waals surface area contributed by atoms with Crippen LogP contribution in [0.15, 0.2) is 33.6 Å². The van der Waals surface area contributed by atoms with E-state index in [0.29, 0.717) is 18.0 Å². The summed E-state index contributed by atoms with van der Waals surface area (Å²) in [5, 5.41) is 10.0. The Labute approximate surface area is 128 Å². The van der Waals surface area contributed by atoms with Gasteiger partial charge in [0.05, 0.1) is 16.2 Å². The molecule has 112 valence electrons. The molecule has 0 aliphatic carbocycles. The number of aliphatic hydroxyl groups is 1. The summed E-state index contributed by atoms with van der Waals surface area (Å²) in [5.41, 5.74) is -0.695. The number of benzene rings is 1. The van der Waals surface area contributed by atoms with Crippen LogP contribution in [-0.4, -0.2) is 49.4 Å². The molecule has 20 heavy (non-hydrogen) atoms. The standard InChI is InChI=1S/C14H20BrNO3S/c1-14(17)7-2-8-16(11-14)9-10-20(18,19)13-5-3-12(15)4-6-13/h3-6,17H,2,7-11H2,1H3. The van der Waals surface area contributed by atoms with Gasteiger partial charge in [-0.25, -0.2) is 8.42 Å². The number of hydrogen-bond acceptors (Lipinski definition) is 4. The molecule has 0 radical (unpaired) electrons. The average molecular weight is 362 g/mol. The van der Waals surface area contributed by atoms with Crippen LogP contribution >= 0.6 is 15.9 Å². The number of nitrogens with zero attached hydrogens (tertiary/aromatic N) is 1. The highest BCUT2D eigenvalue weighted by Gasteiger charge is 2.29. The summed E-state index contributed by atoms with van der Waals surface area (Å²) in [4.78, 5) is 2.38. The van der Waals surface area contributed by atoms with Crippen molar-refractivity contribution in [2.75, 3.05) is 25.4 Å². The molecule has 1 N–H and O–H groups in total. The molecule has 1 aliphatic heterocycles. The number of likely N-dealkylation sites (tertiary alicyclic amines) is 1. The smallest absolute Gasteiger partial charge is 0.179 e. The van der Waals surface area contributed by atoms with Gasteiger partial charge in [-0.1, -0.05) is 15.9 Å². The Hall–Kier alpha value is -0.430. The largest absolute Gasteiger partial charge is 0.389 e. The van der Waals surface area contributed by atoms with Crippen molar-refractivity contribution >= 4 is 25.8 Å². The third kappa shape index (κ3) is 4.28. The van der Waals surface area contributed by atoms with E-state index in [9.17, 15) is 13.5 Å². The molecule has 4 nitrogen and oxygen atoms in total. The summed E-state index contributed by atoms with van der Waals surface area (Å²) >= 11 is 3.30. The van der Waals surface area contributed by atoms with Gasteiger partial charge in [0.2, 0.25) is 0 Å². The van der Waals surface area contributed by atoms with Gasteiger partial charge in [-0.15, -0.1) is 0 Å². The molecule has 1 unspecified atom stereocenters. The molecule has 0 spiro atoms. The fraction of sp³-hybridized carbons (Fsp3) is 0.571. The van der Waals surface area contributed by atoms with E-state index in [-0.39, 0.29) is 5.75 Å². The first-order valence-corrected chi connectivity index (χ1v) is 9.16. The van der Waals surface area contributed by atoms with Gasteiger partial charge in [0.15, 0.2) is 9.84 Å². The Bertz CT molecular complexity index is 554. The Morgan fingerprint density at radius 2 is 2.00 bits per heavy atom. The van der Waals surface area contributed by atoms with E-state index < -0.39 is 15.4 Å². The van der Waals surface area contributed by atoms with Gasteiger partial charge in [-0.05, 0) is 50.6 Å².